The monoisotopic (exact) mass is 205 g/mol. The Balaban J connectivity index is 2.08. The van der Waals surface area contributed by atoms with Crippen molar-refractivity contribution in [2.24, 2.45) is 0 Å². The fourth-order valence-electron chi connectivity index (χ4n) is 2.44. The minimum atomic E-state index is 0.647. The molecule has 1 fully saturated rings. The van der Waals surface area contributed by atoms with Crippen LogP contribution in [0.4, 0.5) is 0 Å². The van der Waals surface area contributed by atoms with E-state index in [1.807, 2.05) is 0 Å². The molecule has 80 valence electrons. The Morgan fingerprint density at radius 3 is 2.67 bits per heavy atom. The summed E-state index contributed by atoms with van der Waals surface area (Å²) in [5.74, 6) is 1.70. The molecule has 1 unspecified atom stereocenters. The lowest BCUT2D eigenvalue weighted by atomic mass is 9.98. The SMILES string of the molecule is COc1cc2c(cc1OC)[C@H]1CN1CC2. The minimum absolute atomic E-state index is 0.647. The molecule has 1 aromatic carbocycles. The van der Waals surface area contributed by atoms with Crippen LogP contribution in [0.3, 0.4) is 0 Å². The summed E-state index contributed by atoms with van der Waals surface area (Å²) >= 11 is 0. The Bertz CT molecular complexity index is 403. The van der Waals surface area contributed by atoms with Crippen molar-refractivity contribution in [2.45, 2.75) is 12.5 Å². The Labute approximate surface area is 89.6 Å². The second-order valence-electron chi connectivity index (χ2n) is 4.17. The maximum atomic E-state index is 5.33. The van der Waals surface area contributed by atoms with Crippen LogP contribution in [-0.2, 0) is 6.42 Å². The highest BCUT2D eigenvalue weighted by molar-refractivity contribution is 5.50. The van der Waals surface area contributed by atoms with Gasteiger partial charge in [0.25, 0.3) is 0 Å². The van der Waals surface area contributed by atoms with Gasteiger partial charge in [-0.25, -0.2) is 0 Å². The Hall–Kier alpha value is -1.22. The fourth-order valence-corrected chi connectivity index (χ4v) is 2.44. The second-order valence-corrected chi connectivity index (χ2v) is 4.17. The van der Waals surface area contributed by atoms with Crippen molar-refractivity contribution in [3.05, 3.63) is 23.3 Å². The van der Waals surface area contributed by atoms with Crippen LogP contribution in [0.2, 0.25) is 0 Å². The molecule has 2 aliphatic rings. The van der Waals surface area contributed by atoms with Gasteiger partial charge >= 0.3 is 0 Å². The second kappa shape index (κ2) is 3.14. The molecule has 0 aliphatic carbocycles. The van der Waals surface area contributed by atoms with E-state index in [0.29, 0.717) is 6.04 Å². The normalized spacial score (nSPS) is 26.5. The van der Waals surface area contributed by atoms with Crippen molar-refractivity contribution in [2.75, 3.05) is 27.3 Å². The van der Waals surface area contributed by atoms with E-state index in [1.165, 1.54) is 24.2 Å². The first kappa shape index (κ1) is 9.04. The molecule has 0 saturated carbocycles. The Morgan fingerprint density at radius 1 is 1.20 bits per heavy atom. The summed E-state index contributed by atoms with van der Waals surface area (Å²) in [6, 6.07) is 4.91. The number of hydrogen-bond donors (Lipinski definition) is 0. The number of benzene rings is 1. The molecular formula is C12H15NO2. The lowest BCUT2D eigenvalue weighted by Gasteiger charge is -2.18. The first-order valence-corrected chi connectivity index (χ1v) is 5.32. The molecule has 0 aromatic heterocycles. The van der Waals surface area contributed by atoms with Gasteiger partial charge in [-0.15, -0.1) is 0 Å². The predicted octanol–water partition coefficient (Wildman–Crippen LogP) is 1.62. The van der Waals surface area contributed by atoms with Crippen molar-refractivity contribution < 1.29 is 9.47 Å². The summed E-state index contributed by atoms with van der Waals surface area (Å²) < 4.78 is 10.6. The maximum Gasteiger partial charge on any atom is 0.161 e. The number of fused-ring (bicyclic) bond motifs is 3. The van der Waals surface area contributed by atoms with E-state index in [4.69, 9.17) is 9.47 Å². The first-order chi connectivity index (χ1) is 7.33. The van der Waals surface area contributed by atoms with Crippen LogP contribution >= 0.6 is 0 Å². The van der Waals surface area contributed by atoms with Gasteiger partial charge in [0.1, 0.15) is 0 Å². The third-order valence-corrected chi connectivity index (χ3v) is 3.39. The average Bonchev–Trinajstić information content (AvgIpc) is 3.06. The van der Waals surface area contributed by atoms with Crippen LogP contribution < -0.4 is 9.47 Å². The molecule has 0 radical (unpaired) electrons. The number of methoxy groups -OCH3 is 2. The van der Waals surface area contributed by atoms with Gasteiger partial charge in [0.05, 0.1) is 14.2 Å². The van der Waals surface area contributed by atoms with Crippen molar-refractivity contribution >= 4 is 0 Å². The number of hydrogen-bond acceptors (Lipinski definition) is 3. The summed E-state index contributed by atoms with van der Waals surface area (Å²) in [7, 11) is 3.38. The van der Waals surface area contributed by atoms with Gasteiger partial charge in [-0.05, 0) is 29.7 Å². The van der Waals surface area contributed by atoms with E-state index in [9.17, 15) is 0 Å². The molecule has 3 nitrogen and oxygen atoms in total. The molecule has 3 heteroatoms. The van der Waals surface area contributed by atoms with E-state index < -0.39 is 0 Å². The van der Waals surface area contributed by atoms with E-state index in [0.717, 1.165) is 17.9 Å². The van der Waals surface area contributed by atoms with Crippen LogP contribution in [0, 0.1) is 0 Å². The van der Waals surface area contributed by atoms with Gasteiger partial charge in [0.2, 0.25) is 0 Å². The van der Waals surface area contributed by atoms with Crippen LogP contribution in [0.25, 0.3) is 0 Å². The molecule has 15 heavy (non-hydrogen) atoms. The molecule has 0 N–H and O–H groups in total. The summed E-state index contributed by atoms with van der Waals surface area (Å²) in [5.41, 5.74) is 2.85. The summed E-state index contributed by atoms with van der Waals surface area (Å²) in [5, 5.41) is 0. The fraction of sp³-hybridized carbons (Fsp3) is 0.500. The molecule has 1 saturated heterocycles. The molecule has 0 amide bonds. The van der Waals surface area contributed by atoms with Gasteiger partial charge in [0, 0.05) is 19.1 Å². The largest absolute Gasteiger partial charge is 0.493 e. The van der Waals surface area contributed by atoms with Crippen molar-refractivity contribution in [1.82, 2.24) is 4.90 Å². The standard InChI is InChI=1S/C12H15NO2/c1-14-11-5-8-3-4-13-7-10(13)9(8)6-12(11)15-2/h5-6,10H,3-4,7H2,1-2H3/t10-,13?/m1/s1. The van der Waals surface area contributed by atoms with E-state index in [-0.39, 0.29) is 0 Å². The van der Waals surface area contributed by atoms with Gasteiger partial charge < -0.3 is 9.47 Å². The topological polar surface area (TPSA) is 21.5 Å². The quantitative estimate of drug-likeness (QED) is 0.685. The average molecular weight is 205 g/mol. The lowest BCUT2D eigenvalue weighted by molar-refractivity contribution is 0.352. The Morgan fingerprint density at radius 2 is 1.93 bits per heavy atom. The van der Waals surface area contributed by atoms with Crippen molar-refractivity contribution in [3.8, 4) is 11.5 Å². The van der Waals surface area contributed by atoms with Gasteiger partial charge in [-0.2, -0.15) is 0 Å². The molecular weight excluding hydrogens is 190 g/mol. The van der Waals surface area contributed by atoms with Crippen LogP contribution in [0.1, 0.15) is 17.2 Å². The highest BCUT2D eigenvalue weighted by atomic mass is 16.5. The zero-order valence-corrected chi connectivity index (χ0v) is 9.12. The van der Waals surface area contributed by atoms with Crippen molar-refractivity contribution in [1.29, 1.82) is 0 Å². The number of ether oxygens (including phenoxy) is 2. The zero-order chi connectivity index (χ0) is 10.4. The van der Waals surface area contributed by atoms with Crippen LogP contribution in [0.15, 0.2) is 12.1 Å². The van der Waals surface area contributed by atoms with Gasteiger partial charge in [-0.1, -0.05) is 0 Å². The number of rotatable bonds is 2. The van der Waals surface area contributed by atoms with Gasteiger partial charge in [0.15, 0.2) is 11.5 Å². The summed E-state index contributed by atoms with van der Waals surface area (Å²) in [6.07, 6.45) is 1.13. The molecule has 2 atom stereocenters. The van der Waals surface area contributed by atoms with Crippen LogP contribution in [0.5, 0.6) is 11.5 Å². The van der Waals surface area contributed by atoms with Crippen LogP contribution in [-0.4, -0.2) is 32.2 Å². The summed E-state index contributed by atoms with van der Waals surface area (Å²) in [6.45, 7) is 2.40. The highest BCUT2D eigenvalue weighted by Gasteiger charge is 2.40. The lowest BCUT2D eigenvalue weighted by Crippen LogP contribution is -2.12. The molecule has 0 bridgehead atoms. The molecule has 2 aliphatic heterocycles. The third-order valence-electron chi connectivity index (χ3n) is 3.39. The molecule has 0 spiro atoms. The smallest absolute Gasteiger partial charge is 0.161 e. The van der Waals surface area contributed by atoms with Crippen molar-refractivity contribution in [3.63, 3.8) is 0 Å². The highest BCUT2D eigenvalue weighted by Crippen LogP contribution is 2.44. The maximum absolute atomic E-state index is 5.33. The summed E-state index contributed by atoms with van der Waals surface area (Å²) in [4.78, 5) is 2.48. The van der Waals surface area contributed by atoms with E-state index >= 15 is 0 Å². The Kier molecular flexibility index (Phi) is 1.89. The number of nitrogens with zero attached hydrogens (tertiary/aromatic N) is 1. The zero-order valence-electron chi connectivity index (χ0n) is 9.12. The molecule has 1 aromatic rings. The predicted molar refractivity (Wildman–Crippen MR) is 57.6 cm³/mol. The van der Waals surface area contributed by atoms with E-state index in [2.05, 4.69) is 17.0 Å². The molecule has 2 heterocycles. The van der Waals surface area contributed by atoms with E-state index in [1.54, 1.807) is 14.2 Å². The minimum Gasteiger partial charge on any atom is -0.493 e. The molecule has 3 rings (SSSR count). The first-order valence-electron chi connectivity index (χ1n) is 5.32. The van der Waals surface area contributed by atoms with Gasteiger partial charge in [-0.3, -0.25) is 4.90 Å². The third kappa shape index (κ3) is 1.30.